The third-order valence-electron chi connectivity index (χ3n) is 9.00. The van der Waals surface area contributed by atoms with E-state index in [-0.39, 0.29) is 24.0 Å². The lowest BCUT2D eigenvalue weighted by Crippen LogP contribution is -2.62. The first kappa shape index (κ1) is 28.8. The summed E-state index contributed by atoms with van der Waals surface area (Å²) in [5.41, 5.74) is 2.81. The molecule has 1 aromatic rings. The number of allylic oxidation sites excluding steroid dienone is 2. The molecular formula is C29H39N7O5S. The van der Waals surface area contributed by atoms with Crippen LogP contribution in [0.2, 0.25) is 0 Å². The molecule has 226 valence electrons. The Morgan fingerprint density at radius 1 is 1.21 bits per heavy atom. The van der Waals surface area contributed by atoms with Gasteiger partial charge in [0, 0.05) is 68.4 Å². The fourth-order valence-electron chi connectivity index (χ4n) is 6.49. The van der Waals surface area contributed by atoms with Crippen LogP contribution in [0, 0.1) is 17.2 Å². The first-order valence-electron chi connectivity index (χ1n) is 14.7. The van der Waals surface area contributed by atoms with Crippen LogP contribution < -0.4 is 15.5 Å². The Morgan fingerprint density at radius 3 is 2.64 bits per heavy atom. The first-order chi connectivity index (χ1) is 20.1. The van der Waals surface area contributed by atoms with Crippen LogP contribution in [0.1, 0.15) is 31.7 Å². The number of hydrogen-bond acceptors (Lipinski definition) is 11. The third-order valence-corrected chi connectivity index (χ3v) is 9.95. The van der Waals surface area contributed by atoms with Gasteiger partial charge in [-0.15, -0.1) is 0 Å². The highest BCUT2D eigenvalue weighted by Crippen LogP contribution is 2.39. The van der Waals surface area contributed by atoms with Gasteiger partial charge in [-0.3, -0.25) is 9.69 Å². The number of sulfone groups is 1. The number of piperidine rings is 1. The van der Waals surface area contributed by atoms with Crippen molar-refractivity contribution >= 4 is 27.2 Å². The molecule has 2 N–H and O–H groups in total. The maximum Gasteiger partial charge on any atom is 0.223 e. The van der Waals surface area contributed by atoms with Crippen molar-refractivity contribution in [3.8, 4) is 6.07 Å². The number of hydrogen-bond donors (Lipinski definition) is 2. The lowest BCUT2D eigenvalue weighted by atomic mass is 9.86. The van der Waals surface area contributed by atoms with Crippen molar-refractivity contribution in [1.82, 2.24) is 20.1 Å². The minimum atomic E-state index is -3.14. The second-order valence-electron chi connectivity index (χ2n) is 12.0. The monoisotopic (exact) mass is 597 g/mol. The molecule has 3 saturated heterocycles. The average Bonchev–Trinajstić information content (AvgIpc) is 3.15. The molecule has 6 heterocycles. The van der Waals surface area contributed by atoms with Gasteiger partial charge < -0.3 is 29.9 Å². The third kappa shape index (κ3) is 5.80. The maximum absolute atomic E-state index is 12.3. The fraction of sp³-hybridized carbons (Fsp3) is 0.621. The molecular weight excluding hydrogens is 558 g/mol. The number of carbonyl (C=O) groups is 1. The first-order valence-corrected chi connectivity index (χ1v) is 16.8. The Morgan fingerprint density at radius 2 is 1.95 bits per heavy atom. The number of nitrogens with one attached hydrogen (secondary N) is 2. The molecule has 0 bridgehead atoms. The number of likely N-dealkylation sites (tertiary alicyclic amines) is 2. The van der Waals surface area contributed by atoms with Crippen molar-refractivity contribution in [2.24, 2.45) is 5.92 Å². The number of ether oxygens (including phenoxy) is 2. The molecule has 0 aliphatic carbocycles. The number of amides is 1. The number of rotatable bonds is 6. The maximum atomic E-state index is 12.3. The van der Waals surface area contributed by atoms with Gasteiger partial charge in [0.2, 0.25) is 5.91 Å². The summed E-state index contributed by atoms with van der Waals surface area (Å²) in [5.74, 6) is 1.39. The number of fused-ring (bicyclic) bond motifs is 1. The highest BCUT2D eigenvalue weighted by atomic mass is 32.2. The van der Waals surface area contributed by atoms with Gasteiger partial charge in [-0.1, -0.05) is 0 Å². The van der Waals surface area contributed by atoms with Crippen LogP contribution in [0.4, 0.5) is 11.5 Å². The molecule has 1 amide bonds. The van der Waals surface area contributed by atoms with E-state index in [0.29, 0.717) is 44.7 Å². The molecule has 0 spiro atoms. The summed E-state index contributed by atoms with van der Waals surface area (Å²) in [6, 6.07) is 4.78. The molecule has 1 aromatic heterocycles. The zero-order valence-corrected chi connectivity index (χ0v) is 25.1. The van der Waals surface area contributed by atoms with Crippen molar-refractivity contribution in [3.63, 3.8) is 0 Å². The van der Waals surface area contributed by atoms with Gasteiger partial charge in [-0.2, -0.15) is 5.26 Å². The van der Waals surface area contributed by atoms with Crippen molar-refractivity contribution in [2.45, 2.75) is 44.4 Å². The highest BCUT2D eigenvalue weighted by molar-refractivity contribution is 7.90. The van der Waals surface area contributed by atoms with E-state index in [1.165, 1.54) is 0 Å². The number of anilines is 2. The smallest absolute Gasteiger partial charge is 0.223 e. The van der Waals surface area contributed by atoms with E-state index in [4.69, 9.17) is 9.47 Å². The Labute approximate surface area is 247 Å². The molecule has 3 fully saturated rings. The number of carbonyl (C=O) groups excluding carboxylic acids is 1. The number of nitriles is 1. The largest absolute Gasteiger partial charge is 0.487 e. The Balaban J connectivity index is 1.11. The average molecular weight is 598 g/mol. The molecule has 0 radical (unpaired) electrons. The molecule has 0 saturated carbocycles. The van der Waals surface area contributed by atoms with Gasteiger partial charge in [0.1, 0.15) is 22.3 Å². The number of aromatic nitrogens is 1. The molecule has 12 nitrogen and oxygen atoms in total. The van der Waals surface area contributed by atoms with Gasteiger partial charge in [-0.05, 0) is 45.0 Å². The highest BCUT2D eigenvalue weighted by Gasteiger charge is 2.42. The summed E-state index contributed by atoms with van der Waals surface area (Å²) in [6.45, 7) is 8.25. The van der Waals surface area contributed by atoms with Gasteiger partial charge in [0.15, 0.2) is 11.3 Å². The topological polar surface area (TPSA) is 140 Å². The number of pyridine rings is 1. The van der Waals surface area contributed by atoms with Crippen LogP contribution in [-0.4, -0.2) is 105 Å². The van der Waals surface area contributed by atoms with E-state index in [9.17, 15) is 18.5 Å². The second kappa shape index (κ2) is 11.4. The van der Waals surface area contributed by atoms with Gasteiger partial charge in [0.25, 0.3) is 0 Å². The second-order valence-corrected chi connectivity index (χ2v) is 14.3. The molecule has 6 rings (SSSR count). The van der Waals surface area contributed by atoms with Gasteiger partial charge >= 0.3 is 0 Å². The lowest BCUT2D eigenvalue weighted by Gasteiger charge is -2.48. The molecule has 5 aliphatic heterocycles. The number of nitrogens with zero attached hydrogens (tertiary/aromatic N) is 5. The van der Waals surface area contributed by atoms with E-state index in [2.05, 4.69) is 37.6 Å². The minimum Gasteiger partial charge on any atom is -0.487 e. The molecule has 0 aromatic carbocycles. The van der Waals surface area contributed by atoms with Crippen molar-refractivity contribution in [1.29, 1.82) is 5.26 Å². The summed E-state index contributed by atoms with van der Waals surface area (Å²) < 4.78 is 34.7. The van der Waals surface area contributed by atoms with Gasteiger partial charge in [0.05, 0.1) is 36.3 Å². The predicted octanol–water partition coefficient (Wildman–Crippen LogP) is 1.20. The molecule has 1 unspecified atom stereocenters. The van der Waals surface area contributed by atoms with E-state index in [0.717, 1.165) is 73.7 Å². The van der Waals surface area contributed by atoms with E-state index in [1.54, 1.807) is 4.90 Å². The Bertz CT molecular complexity index is 1430. The zero-order valence-electron chi connectivity index (χ0n) is 24.3. The summed E-state index contributed by atoms with van der Waals surface area (Å²) >= 11 is 0. The molecule has 13 heteroatoms. The van der Waals surface area contributed by atoms with Crippen molar-refractivity contribution in [2.75, 3.05) is 74.7 Å². The van der Waals surface area contributed by atoms with Crippen molar-refractivity contribution < 1.29 is 22.7 Å². The SMILES string of the molecule is CC1(C#N)NC(C2CCN(C3CN(C(=O)CCS(C)(=O)=O)C3)CC2)=CC2=C1OCc1c(N3CCOCC3)ccnc1N2. The summed E-state index contributed by atoms with van der Waals surface area (Å²) in [7, 11) is -3.14. The normalized spacial score (nSPS) is 25.5. The standard InChI is InChI=1S/C29H39N7O5S/c1-29(19-30)27-24(32-28-22(18-41-27)25(3-7-31-28)35-10-12-40-13-11-35)15-23(33-29)20-4-8-34(9-5-20)21-16-36(17-21)26(37)6-14-42(2,38)39/h3,7,15,20-21,33H,4-6,8-14,16-18H2,1-2H3,(H,31,32). The fourth-order valence-corrected chi connectivity index (χ4v) is 7.03. The van der Waals surface area contributed by atoms with E-state index < -0.39 is 15.4 Å². The van der Waals surface area contributed by atoms with Crippen LogP contribution in [0.25, 0.3) is 0 Å². The Kier molecular flexibility index (Phi) is 7.80. The minimum absolute atomic E-state index is 0.0508. The molecule has 1 atom stereocenters. The zero-order chi connectivity index (χ0) is 29.5. The van der Waals surface area contributed by atoms with Crippen LogP contribution in [0.5, 0.6) is 0 Å². The summed E-state index contributed by atoms with van der Waals surface area (Å²) in [6.07, 6.45) is 6.96. The Hall–Kier alpha value is -3.34. The summed E-state index contributed by atoms with van der Waals surface area (Å²) in [5, 5.41) is 17.3. The molecule has 5 aliphatic rings. The predicted molar refractivity (Wildman–Crippen MR) is 157 cm³/mol. The summed E-state index contributed by atoms with van der Waals surface area (Å²) in [4.78, 5) is 23.5. The quantitative estimate of drug-likeness (QED) is 0.489. The number of morpholine rings is 1. The lowest BCUT2D eigenvalue weighted by molar-refractivity contribution is -0.138. The van der Waals surface area contributed by atoms with Gasteiger partial charge in [-0.25, -0.2) is 13.4 Å². The number of dihydropyridines is 1. The van der Waals surface area contributed by atoms with Crippen LogP contribution in [-0.2, 0) is 30.7 Å². The molecule has 42 heavy (non-hydrogen) atoms. The van der Waals surface area contributed by atoms with Crippen LogP contribution in [0.15, 0.2) is 35.5 Å². The van der Waals surface area contributed by atoms with Crippen LogP contribution in [0.3, 0.4) is 0 Å². The van der Waals surface area contributed by atoms with Crippen LogP contribution >= 0.6 is 0 Å². The van der Waals surface area contributed by atoms with Crippen molar-refractivity contribution in [3.05, 3.63) is 41.1 Å². The van der Waals surface area contributed by atoms with E-state index >= 15 is 0 Å². The van der Waals surface area contributed by atoms with E-state index in [1.807, 2.05) is 19.2 Å².